The fourth-order valence-corrected chi connectivity index (χ4v) is 3.69. The van der Waals surface area contributed by atoms with Gasteiger partial charge < -0.3 is 11.1 Å². The second kappa shape index (κ2) is 6.84. The molecule has 1 aliphatic rings. The number of halogens is 1. The third kappa shape index (κ3) is 3.70. The van der Waals surface area contributed by atoms with Crippen molar-refractivity contribution < 1.29 is 0 Å². The van der Waals surface area contributed by atoms with Crippen LogP contribution in [0.25, 0.3) is 11.3 Å². The maximum Gasteiger partial charge on any atom is 0.107 e. The zero-order valence-corrected chi connectivity index (χ0v) is 14.5. The normalized spacial score (nSPS) is 21.8. The minimum absolute atomic E-state index is 0.418. The molecule has 1 saturated carbocycles. The average Bonchev–Trinajstić information content (AvgIpc) is 2.86. The minimum atomic E-state index is 0.418. The number of nitrogens with zero attached hydrogens (tertiary/aromatic N) is 2. The van der Waals surface area contributed by atoms with Crippen LogP contribution >= 0.6 is 15.9 Å². The van der Waals surface area contributed by atoms with Gasteiger partial charge in [-0.15, -0.1) is 0 Å². The van der Waals surface area contributed by atoms with Crippen molar-refractivity contribution in [2.24, 2.45) is 18.7 Å². The van der Waals surface area contributed by atoms with Crippen molar-refractivity contribution in [3.8, 4) is 11.3 Å². The topological polar surface area (TPSA) is 55.9 Å². The van der Waals surface area contributed by atoms with Gasteiger partial charge in [0.15, 0.2) is 0 Å². The highest BCUT2D eigenvalue weighted by molar-refractivity contribution is 9.10. The molecule has 5 heteroatoms. The summed E-state index contributed by atoms with van der Waals surface area (Å²) in [5.41, 5.74) is 9.24. The van der Waals surface area contributed by atoms with E-state index in [0.29, 0.717) is 6.04 Å². The second-order valence-electron chi connectivity index (χ2n) is 6.24. The highest BCUT2D eigenvalue weighted by Crippen LogP contribution is 2.29. The van der Waals surface area contributed by atoms with Crippen molar-refractivity contribution in [3.05, 3.63) is 34.9 Å². The maximum absolute atomic E-state index is 5.97. The zero-order chi connectivity index (χ0) is 15.5. The van der Waals surface area contributed by atoms with E-state index in [9.17, 15) is 0 Å². The molecule has 1 fully saturated rings. The fraction of sp³-hybridized carbons (Fsp3) is 0.471. The van der Waals surface area contributed by atoms with Gasteiger partial charge >= 0.3 is 0 Å². The van der Waals surface area contributed by atoms with Gasteiger partial charge in [-0.25, -0.2) is 0 Å². The molecule has 3 rings (SSSR count). The number of aryl methyl sites for hydroxylation is 1. The Morgan fingerprint density at radius 2 is 2.09 bits per heavy atom. The molecule has 4 nitrogen and oxygen atoms in total. The van der Waals surface area contributed by atoms with Crippen LogP contribution in [0.1, 0.15) is 25.7 Å². The molecule has 1 aromatic heterocycles. The Morgan fingerprint density at radius 3 is 2.77 bits per heavy atom. The van der Waals surface area contributed by atoms with Crippen LogP contribution < -0.4 is 11.1 Å². The van der Waals surface area contributed by atoms with Crippen LogP contribution in [0.3, 0.4) is 0 Å². The lowest BCUT2D eigenvalue weighted by molar-refractivity contribution is 0.339. The SMILES string of the molecule is Cn1cc(Br)c(-c2cccc(NC[C@H]3CC[C@H](N)CC3)c2)n1. The Bertz CT molecular complexity index is 629. The molecule has 0 amide bonds. The van der Waals surface area contributed by atoms with Gasteiger partial charge in [-0.2, -0.15) is 5.10 Å². The Hall–Kier alpha value is -1.33. The molecule has 1 aliphatic carbocycles. The van der Waals surface area contributed by atoms with Crippen LogP contribution in [0, 0.1) is 5.92 Å². The Labute approximate surface area is 140 Å². The van der Waals surface area contributed by atoms with Gasteiger partial charge in [0.05, 0.1) is 4.47 Å². The van der Waals surface area contributed by atoms with Crippen molar-refractivity contribution >= 4 is 21.6 Å². The quantitative estimate of drug-likeness (QED) is 0.869. The predicted octanol–water partition coefficient (Wildman–Crippen LogP) is 3.78. The Kier molecular flexibility index (Phi) is 4.84. The molecule has 0 bridgehead atoms. The van der Waals surface area contributed by atoms with Gasteiger partial charge in [-0.3, -0.25) is 4.68 Å². The van der Waals surface area contributed by atoms with Crippen LogP contribution in [-0.4, -0.2) is 22.4 Å². The number of anilines is 1. The molecule has 118 valence electrons. The molecule has 1 heterocycles. The van der Waals surface area contributed by atoms with Gasteiger partial charge in [0.1, 0.15) is 5.69 Å². The van der Waals surface area contributed by atoms with E-state index in [1.165, 1.54) is 12.8 Å². The standard InChI is InChI=1S/C17H23BrN4/c1-22-11-16(18)17(21-22)13-3-2-4-15(9-13)20-10-12-5-7-14(19)8-6-12/h2-4,9,11-12,14,20H,5-8,10,19H2,1H3/t12-,14-. The molecule has 22 heavy (non-hydrogen) atoms. The van der Waals surface area contributed by atoms with Crippen molar-refractivity contribution in [2.75, 3.05) is 11.9 Å². The van der Waals surface area contributed by atoms with Crippen LogP contribution in [-0.2, 0) is 7.05 Å². The molecule has 0 spiro atoms. The van der Waals surface area contributed by atoms with Gasteiger partial charge in [0.2, 0.25) is 0 Å². The van der Waals surface area contributed by atoms with Crippen molar-refractivity contribution in [3.63, 3.8) is 0 Å². The second-order valence-corrected chi connectivity index (χ2v) is 7.10. The van der Waals surface area contributed by atoms with Gasteiger partial charge in [-0.1, -0.05) is 12.1 Å². The average molecular weight is 363 g/mol. The third-order valence-corrected chi connectivity index (χ3v) is 4.99. The minimum Gasteiger partial charge on any atom is -0.385 e. The lowest BCUT2D eigenvalue weighted by atomic mass is 9.86. The first kappa shape index (κ1) is 15.6. The Balaban J connectivity index is 1.65. The summed E-state index contributed by atoms with van der Waals surface area (Å²) in [7, 11) is 1.93. The molecule has 0 radical (unpaired) electrons. The number of aromatic nitrogens is 2. The van der Waals surface area contributed by atoms with E-state index >= 15 is 0 Å². The van der Waals surface area contributed by atoms with E-state index in [0.717, 1.165) is 46.7 Å². The highest BCUT2D eigenvalue weighted by Gasteiger charge is 2.18. The lowest BCUT2D eigenvalue weighted by Gasteiger charge is -2.26. The Morgan fingerprint density at radius 1 is 1.32 bits per heavy atom. The number of hydrogen-bond donors (Lipinski definition) is 2. The van der Waals surface area contributed by atoms with Crippen LogP contribution in [0.15, 0.2) is 34.9 Å². The largest absolute Gasteiger partial charge is 0.385 e. The molecular formula is C17H23BrN4. The van der Waals surface area contributed by atoms with E-state index in [1.54, 1.807) is 0 Å². The zero-order valence-electron chi connectivity index (χ0n) is 12.9. The monoisotopic (exact) mass is 362 g/mol. The lowest BCUT2D eigenvalue weighted by Crippen LogP contribution is -2.29. The maximum atomic E-state index is 5.97. The molecule has 0 saturated heterocycles. The van der Waals surface area contributed by atoms with Gasteiger partial charge in [-0.05, 0) is 59.7 Å². The summed E-state index contributed by atoms with van der Waals surface area (Å²) in [6, 6.07) is 8.88. The fourth-order valence-electron chi connectivity index (χ4n) is 3.09. The summed E-state index contributed by atoms with van der Waals surface area (Å²) >= 11 is 3.57. The van der Waals surface area contributed by atoms with Gasteiger partial charge in [0.25, 0.3) is 0 Å². The van der Waals surface area contributed by atoms with Crippen molar-refractivity contribution in [1.82, 2.24) is 9.78 Å². The van der Waals surface area contributed by atoms with Crippen molar-refractivity contribution in [2.45, 2.75) is 31.7 Å². The van der Waals surface area contributed by atoms with Crippen LogP contribution in [0.4, 0.5) is 5.69 Å². The summed E-state index contributed by atoms with van der Waals surface area (Å²) in [6.07, 6.45) is 6.76. The van der Waals surface area contributed by atoms with Gasteiger partial charge in [0, 0.05) is 37.1 Å². The highest BCUT2D eigenvalue weighted by atomic mass is 79.9. The molecule has 0 aliphatic heterocycles. The molecule has 1 aromatic carbocycles. The first-order valence-corrected chi connectivity index (χ1v) is 8.70. The number of hydrogen-bond acceptors (Lipinski definition) is 3. The molecule has 0 unspecified atom stereocenters. The van der Waals surface area contributed by atoms with E-state index in [-0.39, 0.29) is 0 Å². The summed E-state index contributed by atoms with van der Waals surface area (Å²) in [5.74, 6) is 0.741. The summed E-state index contributed by atoms with van der Waals surface area (Å²) in [5, 5.41) is 8.08. The molecule has 2 aromatic rings. The first-order valence-electron chi connectivity index (χ1n) is 7.91. The third-order valence-electron chi connectivity index (χ3n) is 4.41. The molecule has 0 atom stereocenters. The smallest absolute Gasteiger partial charge is 0.107 e. The number of benzene rings is 1. The number of nitrogens with one attached hydrogen (secondary N) is 1. The molecule has 3 N–H and O–H groups in total. The number of nitrogens with two attached hydrogens (primary N) is 1. The van der Waals surface area contributed by atoms with Crippen molar-refractivity contribution in [1.29, 1.82) is 0 Å². The molecular weight excluding hydrogens is 340 g/mol. The van der Waals surface area contributed by atoms with E-state index in [4.69, 9.17) is 5.73 Å². The number of rotatable bonds is 4. The first-order chi connectivity index (χ1) is 10.6. The van der Waals surface area contributed by atoms with Crippen LogP contribution in [0.5, 0.6) is 0 Å². The van der Waals surface area contributed by atoms with E-state index in [2.05, 4.69) is 50.6 Å². The summed E-state index contributed by atoms with van der Waals surface area (Å²) < 4.78 is 2.85. The van der Waals surface area contributed by atoms with E-state index in [1.807, 2.05) is 17.9 Å². The summed E-state index contributed by atoms with van der Waals surface area (Å²) in [6.45, 7) is 1.03. The van der Waals surface area contributed by atoms with Crippen LogP contribution in [0.2, 0.25) is 0 Å². The summed E-state index contributed by atoms with van der Waals surface area (Å²) in [4.78, 5) is 0. The van der Waals surface area contributed by atoms with E-state index < -0.39 is 0 Å². The predicted molar refractivity (Wildman–Crippen MR) is 94.8 cm³/mol.